The number of carbonyl (C=O) groups is 6. The standard InChI is InChI=1S/C27H33N3O16S/c31-15-43-13-16-1-2-18(45-25-10-17(32)9-21(46-25)27(37)38)11-20(16)44-8-7-42-6-5-28-26(36)19(14-47(39,40)41)29-22(33)12-30-23(34)3-4-24(30)35/h1-4,11,15,17,19,21,25,32H,5-10,12-14H2,(H,28,36)(H,29,33)(H,37,38)(H,39,40,41). The second-order valence-electron chi connectivity index (χ2n) is 10.0. The lowest BCUT2D eigenvalue weighted by atomic mass is 10.1. The number of hydrogen-bond donors (Lipinski definition) is 5. The highest BCUT2D eigenvalue weighted by atomic mass is 32.2. The molecule has 2 aliphatic heterocycles. The van der Waals surface area contributed by atoms with Gasteiger partial charge in [-0.2, -0.15) is 8.42 Å². The van der Waals surface area contributed by atoms with Gasteiger partial charge in [0.15, 0.2) is 6.10 Å². The third-order valence-electron chi connectivity index (χ3n) is 6.42. The Morgan fingerprint density at radius 2 is 1.83 bits per heavy atom. The summed E-state index contributed by atoms with van der Waals surface area (Å²) >= 11 is 0. The fourth-order valence-electron chi connectivity index (χ4n) is 4.28. The molecular weight excluding hydrogens is 654 g/mol. The van der Waals surface area contributed by atoms with Crippen LogP contribution in [0, 0.1) is 0 Å². The molecule has 1 aromatic rings. The van der Waals surface area contributed by atoms with Gasteiger partial charge in [0.25, 0.3) is 28.4 Å². The first kappa shape index (κ1) is 36.8. The summed E-state index contributed by atoms with van der Waals surface area (Å²) in [6, 6.07) is 2.74. The molecule has 0 spiro atoms. The van der Waals surface area contributed by atoms with Crippen LogP contribution < -0.4 is 20.1 Å². The monoisotopic (exact) mass is 687 g/mol. The number of aliphatic hydroxyl groups excluding tert-OH is 1. The van der Waals surface area contributed by atoms with Crippen molar-refractivity contribution in [2.75, 3.05) is 38.7 Å². The maximum absolute atomic E-state index is 12.5. The Bertz CT molecular complexity index is 1450. The van der Waals surface area contributed by atoms with Crippen LogP contribution in [0.3, 0.4) is 0 Å². The number of nitrogens with zero attached hydrogens (tertiary/aromatic N) is 1. The number of imide groups is 1. The average Bonchev–Trinajstić information content (AvgIpc) is 3.30. The normalized spacial score (nSPS) is 20.0. The van der Waals surface area contributed by atoms with Crippen LogP contribution in [0.15, 0.2) is 30.4 Å². The van der Waals surface area contributed by atoms with E-state index in [2.05, 4.69) is 10.6 Å². The molecule has 3 rings (SSSR count). The molecule has 0 aromatic heterocycles. The highest BCUT2D eigenvalue weighted by Crippen LogP contribution is 2.29. The van der Waals surface area contributed by atoms with E-state index in [1.807, 2.05) is 0 Å². The van der Waals surface area contributed by atoms with Crippen molar-refractivity contribution in [3.63, 3.8) is 0 Å². The first-order valence-corrected chi connectivity index (χ1v) is 15.5. The molecule has 19 nitrogen and oxygen atoms in total. The zero-order chi connectivity index (χ0) is 34.6. The van der Waals surface area contributed by atoms with E-state index >= 15 is 0 Å². The maximum atomic E-state index is 12.5. The van der Waals surface area contributed by atoms with Gasteiger partial charge in [0.2, 0.25) is 18.1 Å². The third-order valence-corrected chi connectivity index (χ3v) is 7.17. The Morgan fingerprint density at radius 3 is 2.49 bits per heavy atom. The molecule has 47 heavy (non-hydrogen) atoms. The van der Waals surface area contributed by atoms with Gasteiger partial charge < -0.3 is 44.5 Å². The van der Waals surface area contributed by atoms with Crippen LogP contribution in [-0.4, -0.2) is 127 Å². The quantitative estimate of drug-likeness (QED) is 0.0435. The summed E-state index contributed by atoms with van der Waals surface area (Å²) in [5.74, 6) is -5.52. The average molecular weight is 688 g/mol. The summed E-state index contributed by atoms with van der Waals surface area (Å²) < 4.78 is 58.9. The Morgan fingerprint density at radius 1 is 1.11 bits per heavy atom. The van der Waals surface area contributed by atoms with Crippen LogP contribution in [0.4, 0.5) is 0 Å². The molecule has 2 aliphatic rings. The van der Waals surface area contributed by atoms with Crippen molar-refractivity contribution in [1.29, 1.82) is 0 Å². The minimum atomic E-state index is -4.72. The van der Waals surface area contributed by atoms with Crippen LogP contribution in [0.25, 0.3) is 0 Å². The number of aliphatic hydroxyl groups is 1. The molecule has 0 bridgehead atoms. The lowest BCUT2D eigenvalue weighted by molar-refractivity contribution is -0.195. The van der Waals surface area contributed by atoms with Gasteiger partial charge in [-0.3, -0.25) is 33.4 Å². The number of nitrogens with one attached hydrogen (secondary N) is 2. The molecule has 4 atom stereocenters. The fourth-order valence-corrected chi connectivity index (χ4v) is 4.93. The van der Waals surface area contributed by atoms with Crippen molar-refractivity contribution in [2.24, 2.45) is 0 Å². The number of carbonyl (C=O) groups excluding carboxylic acids is 5. The van der Waals surface area contributed by atoms with E-state index in [0.717, 1.165) is 12.2 Å². The maximum Gasteiger partial charge on any atom is 0.333 e. The number of aliphatic carboxylic acids is 1. The van der Waals surface area contributed by atoms with Gasteiger partial charge in [0.05, 0.1) is 19.3 Å². The van der Waals surface area contributed by atoms with E-state index in [9.17, 15) is 52.0 Å². The zero-order valence-electron chi connectivity index (χ0n) is 24.6. The summed E-state index contributed by atoms with van der Waals surface area (Å²) in [6.07, 6.45) is -1.42. The van der Waals surface area contributed by atoms with Crippen LogP contribution >= 0.6 is 0 Å². The number of amides is 4. The van der Waals surface area contributed by atoms with Crippen molar-refractivity contribution >= 4 is 46.2 Å². The molecule has 1 aromatic carbocycles. The van der Waals surface area contributed by atoms with E-state index in [-0.39, 0.29) is 63.8 Å². The number of hydrogen-bond acceptors (Lipinski definition) is 14. The second kappa shape index (κ2) is 17.3. The van der Waals surface area contributed by atoms with Gasteiger partial charge >= 0.3 is 5.97 Å². The smallest absolute Gasteiger partial charge is 0.333 e. The molecule has 0 radical (unpaired) electrons. The number of benzene rings is 1. The van der Waals surface area contributed by atoms with E-state index in [1.165, 1.54) is 18.2 Å². The lowest BCUT2D eigenvalue weighted by Gasteiger charge is -2.31. The number of carboxylic acid groups (broad SMARTS) is 1. The van der Waals surface area contributed by atoms with Crippen molar-refractivity contribution in [3.05, 3.63) is 35.9 Å². The molecule has 4 amide bonds. The number of rotatable bonds is 19. The zero-order valence-corrected chi connectivity index (χ0v) is 25.5. The van der Waals surface area contributed by atoms with Gasteiger partial charge in [0, 0.05) is 43.2 Å². The Kier molecular flexibility index (Phi) is 13.6. The van der Waals surface area contributed by atoms with Gasteiger partial charge in [-0.15, -0.1) is 0 Å². The summed E-state index contributed by atoms with van der Waals surface area (Å²) in [6.45, 7) is -0.998. The minimum absolute atomic E-state index is 0.0235. The topological polar surface area (TPSA) is 271 Å². The molecule has 0 saturated carbocycles. The molecular formula is C27H33N3O16S. The van der Waals surface area contributed by atoms with Crippen LogP contribution in [0.1, 0.15) is 18.4 Å². The predicted molar refractivity (Wildman–Crippen MR) is 153 cm³/mol. The molecule has 5 N–H and O–H groups in total. The first-order chi connectivity index (χ1) is 22.3. The Labute approximate surface area is 267 Å². The summed E-state index contributed by atoms with van der Waals surface area (Å²) in [7, 11) is -4.72. The molecule has 258 valence electrons. The summed E-state index contributed by atoms with van der Waals surface area (Å²) in [5.41, 5.74) is 0.450. The number of ether oxygens (including phenoxy) is 5. The van der Waals surface area contributed by atoms with E-state index in [4.69, 9.17) is 23.7 Å². The largest absolute Gasteiger partial charge is 0.491 e. The van der Waals surface area contributed by atoms with Gasteiger partial charge in [0.1, 0.15) is 43.1 Å². The van der Waals surface area contributed by atoms with Gasteiger partial charge in [-0.1, -0.05) is 0 Å². The highest BCUT2D eigenvalue weighted by molar-refractivity contribution is 7.85. The van der Waals surface area contributed by atoms with Crippen LogP contribution in [0.2, 0.25) is 0 Å². The van der Waals surface area contributed by atoms with E-state index < -0.39 is 76.6 Å². The van der Waals surface area contributed by atoms with Gasteiger partial charge in [-0.25, -0.2) is 4.79 Å². The predicted octanol–water partition coefficient (Wildman–Crippen LogP) is -2.50. The first-order valence-electron chi connectivity index (χ1n) is 13.9. The minimum Gasteiger partial charge on any atom is -0.491 e. The molecule has 1 saturated heterocycles. The lowest BCUT2D eigenvalue weighted by Crippen LogP contribution is -2.53. The van der Waals surface area contributed by atoms with E-state index in [1.54, 1.807) is 0 Å². The van der Waals surface area contributed by atoms with Crippen molar-refractivity contribution < 1.29 is 75.6 Å². The molecule has 0 aliphatic carbocycles. The Hall–Kier alpha value is -4.63. The van der Waals surface area contributed by atoms with Gasteiger partial charge in [-0.05, 0) is 12.1 Å². The Balaban J connectivity index is 1.47. The van der Waals surface area contributed by atoms with Crippen molar-refractivity contribution in [3.8, 4) is 11.5 Å². The van der Waals surface area contributed by atoms with E-state index in [0.29, 0.717) is 10.5 Å². The fraction of sp³-hybridized carbons (Fsp3) is 0.481. The van der Waals surface area contributed by atoms with Crippen molar-refractivity contribution in [2.45, 2.75) is 44.0 Å². The molecule has 2 heterocycles. The molecule has 4 unspecified atom stereocenters. The SMILES string of the molecule is O=COCc1ccc(OC2CC(O)CC(C(=O)O)O2)cc1OCCOCCNC(=O)C(CS(=O)(=O)O)NC(=O)CN1C(=O)C=CC1=O. The molecule has 20 heteroatoms. The van der Waals surface area contributed by atoms with Crippen molar-refractivity contribution in [1.82, 2.24) is 15.5 Å². The second-order valence-corrected chi connectivity index (χ2v) is 11.5. The molecule has 1 fully saturated rings. The third kappa shape index (κ3) is 12.2. The van der Waals surface area contributed by atoms with Crippen LogP contribution in [0.5, 0.6) is 11.5 Å². The highest BCUT2D eigenvalue weighted by Gasteiger charge is 2.34. The number of carboxylic acids is 1. The van der Waals surface area contributed by atoms with Crippen LogP contribution in [-0.2, 0) is 59.7 Å². The summed E-state index contributed by atoms with van der Waals surface area (Å²) in [5, 5.41) is 23.6. The summed E-state index contributed by atoms with van der Waals surface area (Å²) in [4.78, 5) is 70.6.